The van der Waals surface area contributed by atoms with Crippen LogP contribution in [-0.2, 0) is 0 Å². The second-order valence-electron chi connectivity index (χ2n) is 6.62. The van der Waals surface area contributed by atoms with Crippen LogP contribution in [0.3, 0.4) is 0 Å². The molecule has 1 saturated carbocycles. The van der Waals surface area contributed by atoms with Crippen LogP contribution < -0.4 is 5.32 Å². The van der Waals surface area contributed by atoms with Gasteiger partial charge in [0, 0.05) is 27.9 Å². The first-order chi connectivity index (χ1) is 11.2. The molecule has 3 unspecified atom stereocenters. The number of carbonyl (C=O) groups is 1. The lowest BCUT2D eigenvalue weighted by Gasteiger charge is -2.29. The minimum atomic E-state index is 0.0465. The third-order valence-corrected chi connectivity index (χ3v) is 6.77. The van der Waals surface area contributed by atoms with Gasteiger partial charge in [-0.25, -0.2) is 0 Å². The fraction of sp³-hybridized carbons (Fsp3) is 0.611. The van der Waals surface area contributed by atoms with E-state index in [2.05, 4.69) is 32.4 Å². The predicted molar refractivity (Wildman–Crippen MR) is 101 cm³/mol. The molecule has 3 nitrogen and oxygen atoms in total. The van der Waals surface area contributed by atoms with Crippen LogP contribution in [0.15, 0.2) is 28.7 Å². The van der Waals surface area contributed by atoms with Crippen LogP contribution in [0.1, 0.15) is 36.0 Å². The van der Waals surface area contributed by atoms with Crippen molar-refractivity contribution in [1.82, 2.24) is 10.2 Å². The van der Waals surface area contributed by atoms with Crippen LogP contribution in [0.2, 0.25) is 0 Å². The fourth-order valence-corrected chi connectivity index (χ4v) is 5.01. The molecule has 1 heterocycles. The topological polar surface area (TPSA) is 32.3 Å². The monoisotopic (exact) mass is 396 g/mol. The number of amides is 1. The highest BCUT2D eigenvalue weighted by atomic mass is 79.9. The number of likely N-dealkylation sites (tertiary alicyclic amines) is 1. The smallest absolute Gasteiger partial charge is 0.251 e. The first-order valence-corrected chi connectivity index (χ1v) is 10.6. The lowest BCUT2D eigenvalue weighted by Crippen LogP contribution is -2.41. The van der Waals surface area contributed by atoms with Gasteiger partial charge in [0.1, 0.15) is 0 Å². The van der Waals surface area contributed by atoms with Crippen molar-refractivity contribution in [2.75, 3.05) is 25.9 Å². The van der Waals surface area contributed by atoms with Gasteiger partial charge >= 0.3 is 0 Å². The van der Waals surface area contributed by atoms with Crippen LogP contribution in [0.5, 0.6) is 0 Å². The number of benzene rings is 1. The van der Waals surface area contributed by atoms with Gasteiger partial charge in [-0.05, 0) is 75.2 Å². The van der Waals surface area contributed by atoms with Crippen LogP contribution in [0, 0.1) is 5.92 Å². The molecule has 0 spiro atoms. The van der Waals surface area contributed by atoms with E-state index in [1.54, 1.807) is 0 Å². The Morgan fingerprint density at radius 2 is 1.96 bits per heavy atom. The molecule has 1 amide bonds. The molecule has 3 atom stereocenters. The number of nitrogens with one attached hydrogen (secondary N) is 1. The summed E-state index contributed by atoms with van der Waals surface area (Å²) in [6, 6.07) is 8.23. The quantitative estimate of drug-likeness (QED) is 0.821. The maximum absolute atomic E-state index is 12.3. The van der Waals surface area contributed by atoms with E-state index in [0.717, 1.165) is 21.8 Å². The SMILES string of the molecule is CSC1CC(CNC(=O)c2ccc(Br)cc2)C(N2CCCC2)C1. The predicted octanol–water partition coefficient (Wildman–Crippen LogP) is 3.78. The molecule has 2 aliphatic rings. The van der Waals surface area contributed by atoms with Crippen molar-refractivity contribution in [1.29, 1.82) is 0 Å². The van der Waals surface area contributed by atoms with Gasteiger partial charge in [0.05, 0.1) is 0 Å². The lowest BCUT2D eigenvalue weighted by molar-refractivity contribution is 0.0937. The van der Waals surface area contributed by atoms with Gasteiger partial charge in [0.15, 0.2) is 0 Å². The van der Waals surface area contributed by atoms with E-state index < -0.39 is 0 Å². The van der Waals surface area contributed by atoms with Gasteiger partial charge in [-0.3, -0.25) is 4.79 Å². The highest BCUT2D eigenvalue weighted by molar-refractivity contribution is 9.10. The molecular weight excluding hydrogens is 372 g/mol. The second-order valence-corrected chi connectivity index (χ2v) is 8.67. The summed E-state index contributed by atoms with van der Waals surface area (Å²) in [6.45, 7) is 3.28. The van der Waals surface area contributed by atoms with Gasteiger partial charge in [0.2, 0.25) is 0 Å². The summed E-state index contributed by atoms with van der Waals surface area (Å²) in [5.74, 6) is 0.634. The standard InChI is InChI=1S/C18H25BrN2OS/c1-23-16-10-14(17(11-16)21-8-2-3-9-21)12-20-18(22)13-4-6-15(19)7-5-13/h4-7,14,16-17H,2-3,8-12H2,1H3,(H,20,22). The van der Waals surface area contributed by atoms with E-state index in [1.165, 1.54) is 38.8 Å². The minimum Gasteiger partial charge on any atom is -0.352 e. The number of thioether (sulfide) groups is 1. The van der Waals surface area contributed by atoms with Gasteiger partial charge in [-0.15, -0.1) is 0 Å². The summed E-state index contributed by atoms with van der Waals surface area (Å²) < 4.78 is 1.00. The van der Waals surface area contributed by atoms with Crippen molar-refractivity contribution < 1.29 is 4.79 Å². The lowest BCUT2D eigenvalue weighted by atomic mass is 10.0. The molecule has 0 aromatic heterocycles. The maximum Gasteiger partial charge on any atom is 0.251 e. The normalized spacial score (nSPS) is 28.2. The highest BCUT2D eigenvalue weighted by Crippen LogP contribution is 2.37. The zero-order valence-corrected chi connectivity index (χ0v) is 16.0. The molecule has 1 aromatic carbocycles. The number of hydrogen-bond donors (Lipinski definition) is 1. The molecule has 0 radical (unpaired) electrons. The molecule has 3 rings (SSSR count). The van der Waals surface area contributed by atoms with E-state index in [-0.39, 0.29) is 5.91 Å². The molecule has 1 saturated heterocycles. The summed E-state index contributed by atoms with van der Waals surface area (Å²) in [5.41, 5.74) is 0.741. The van der Waals surface area contributed by atoms with Crippen molar-refractivity contribution in [3.05, 3.63) is 34.3 Å². The maximum atomic E-state index is 12.3. The Morgan fingerprint density at radius 3 is 2.61 bits per heavy atom. The van der Waals surface area contributed by atoms with Crippen molar-refractivity contribution in [3.8, 4) is 0 Å². The zero-order chi connectivity index (χ0) is 16.2. The Morgan fingerprint density at radius 1 is 1.26 bits per heavy atom. The van der Waals surface area contributed by atoms with Crippen LogP contribution >= 0.6 is 27.7 Å². The zero-order valence-electron chi connectivity index (χ0n) is 13.6. The number of halogens is 1. The highest BCUT2D eigenvalue weighted by Gasteiger charge is 2.38. The average Bonchev–Trinajstić information content (AvgIpc) is 3.22. The largest absolute Gasteiger partial charge is 0.352 e. The van der Waals surface area contributed by atoms with E-state index in [0.29, 0.717) is 12.0 Å². The summed E-state index contributed by atoms with van der Waals surface area (Å²) in [6.07, 6.45) is 7.38. The Kier molecular flexibility index (Phi) is 6.05. The first-order valence-electron chi connectivity index (χ1n) is 8.48. The van der Waals surface area contributed by atoms with E-state index in [4.69, 9.17) is 0 Å². The van der Waals surface area contributed by atoms with Crippen LogP contribution in [0.4, 0.5) is 0 Å². The summed E-state index contributed by atoms with van der Waals surface area (Å²) in [4.78, 5) is 15.0. The third-order valence-electron chi connectivity index (χ3n) is 5.19. The molecular formula is C18H25BrN2OS. The van der Waals surface area contributed by atoms with Gasteiger partial charge < -0.3 is 10.2 Å². The van der Waals surface area contributed by atoms with E-state index in [1.807, 2.05) is 36.0 Å². The molecule has 1 N–H and O–H groups in total. The van der Waals surface area contributed by atoms with Crippen LogP contribution in [-0.4, -0.2) is 48.0 Å². The van der Waals surface area contributed by atoms with E-state index in [9.17, 15) is 4.79 Å². The Hall–Kier alpha value is -0.520. The third kappa shape index (κ3) is 4.31. The molecule has 23 heavy (non-hydrogen) atoms. The second kappa shape index (κ2) is 8.04. The molecule has 1 aliphatic heterocycles. The number of carbonyl (C=O) groups excluding carboxylic acids is 1. The molecule has 0 bridgehead atoms. The molecule has 1 aromatic rings. The Bertz CT molecular complexity index is 530. The van der Waals surface area contributed by atoms with Crippen LogP contribution in [0.25, 0.3) is 0 Å². The van der Waals surface area contributed by atoms with Crippen molar-refractivity contribution in [2.45, 2.75) is 37.0 Å². The van der Waals surface area contributed by atoms with Gasteiger partial charge in [-0.1, -0.05) is 15.9 Å². The summed E-state index contributed by atoms with van der Waals surface area (Å²) in [5, 5.41) is 3.91. The Balaban J connectivity index is 1.58. The van der Waals surface area contributed by atoms with Crippen molar-refractivity contribution in [3.63, 3.8) is 0 Å². The summed E-state index contributed by atoms with van der Waals surface area (Å²) >= 11 is 5.39. The van der Waals surface area contributed by atoms with E-state index >= 15 is 0 Å². The first kappa shape index (κ1) is 17.3. The number of nitrogens with zero attached hydrogens (tertiary/aromatic N) is 1. The summed E-state index contributed by atoms with van der Waals surface area (Å²) in [7, 11) is 0. The van der Waals surface area contributed by atoms with Gasteiger partial charge in [0.25, 0.3) is 5.91 Å². The molecule has 126 valence electrons. The van der Waals surface area contributed by atoms with Crippen molar-refractivity contribution >= 4 is 33.6 Å². The van der Waals surface area contributed by atoms with Gasteiger partial charge in [-0.2, -0.15) is 11.8 Å². The van der Waals surface area contributed by atoms with Crippen molar-refractivity contribution in [2.24, 2.45) is 5.92 Å². The minimum absolute atomic E-state index is 0.0465. The average molecular weight is 397 g/mol. The Labute approximate surface area is 151 Å². The molecule has 5 heteroatoms. The molecule has 2 fully saturated rings. The number of hydrogen-bond acceptors (Lipinski definition) is 3. The number of rotatable bonds is 5. The fourth-order valence-electron chi connectivity index (χ4n) is 3.91. The molecule has 1 aliphatic carbocycles.